The zero-order chi connectivity index (χ0) is 12.2. The van der Waals surface area contributed by atoms with Crippen molar-refractivity contribution in [3.63, 3.8) is 0 Å². The van der Waals surface area contributed by atoms with Crippen LogP contribution in [0.4, 0.5) is 0 Å². The van der Waals surface area contributed by atoms with Gasteiger partial charge in [0.25, 0.3) is 0 Å². The van der Waals surface area contributed by atoms with Crippen molar-refractivity contribution in [2.45, 2.75) is 0 Å². The highest BCUT2D eigenvalue weighted by Crippen LogP contribution is 2.15. The van der Waals surface area contributed by atoms with Crippen LogP contribution in [0.3, 0.4) is 0 Å². The first kappa shape index (κ1) is 10.4. The van der Waals surface area contributed by atoms with E-state index < -0.39 is 0 Å². The van der Waals surface area contributed by atoms with Crippen LogP contribution in [-0.2, 0) is 0 Å². The molecule has 0 fully saturated rings. The fourth-order valence-electron chi connectivity index (χ4n) is 1.44. The molecule has 0 bridgehead atoms. The second-order valence-corrected chi connectivity index (χ2v) is 3.41. The van der Waals surface area contributed by atoms with Gasteiger partial charge in [-0.25, -0.2) is 9.97 Å². The van der Waals surface area contributed by atoms with Gasteiger partial charge < -0.3 is 0 Å². The van der Waals surface area contributed by atoms with Crippen molar-refractivity contribution in [1.29, 1.82) is 0 Å². The Morgan fingerprint density at radius 2 is 1.94 bits per heavy atom. The number of nitrogens with zero attached hydrogens (tertiary/aromatic N) is 6. The van der Waals surface area contributed by atoms with E-state index in [4.69, 9.17) is 0 Å². The minimum atomic E-state index is 0.509. The molecule has 85 valence electrons. The molecule has 18 heavy (non-hydrogen) atoms. The van der Waals surface area contributed by atoms with E-state index in [2.05, 4.69) is 36.3 Å². The summed E-state index contributed by atoms with van der Waals surface area (Å²) in [5.41, 5.74) is 1.98. The van der Waals surface area contributed by atoms with Crippen LogP contribution in [0.5, 0.6) is 0 Å². The summed E-state index contributed by atoms with van der Waals surface area (Å²) in [5.74, 6) is 0.509. The fraction of sp³-hybridized carbons (Fsp3) is 0. The zero-order valence-corrected chi connectivity index (χ0v) is 9.22. The molecule has 0 N–H and O–H groups in total. The highest BCUT2D eigenvalue weighted by molar-refractivity contribution is 5.57. The molecule has 0 atom stereocenters. The van der Waals surface area contributed by atoms with Crippen LogP contribution in [0, 0.1) is 6.20 Å². The minimum absolute atomic E-state index is 0.509. The van der Waals surface area contributed by atoms with Crippen molar-refractivity contribution < 1.29 is 0 Å². The zero-order valence-electron chi connectivity index (χ0n) is 9.22. The van der Waals surface area contributed by atoms with Crippen molar-refractivity contribution in [2.75, 3.05) is 0 Å². The van der Waals surface area contributed by atoms with Crippen molar-refractivity contribution in [2.24, 2.45) is 0 Å². The first-order valence-electron chi connectivity index (χ1n) is 5.23. The normalized spacial score (nSPS) is 10.2. The lowest BCUT2D eigenvalue weighted by atomic mass is 10.3. The quantitative estimate of drug-likeness (QED) is 0.664. The van der Waals surface area contributed by atoms with Gasteiger partial charge in [-0.3, -0.25) is 9.97 Å². The Bertz CT molecular complexity index is 586. The van der Waals surface area contributed by atoms with E-state index in [0.717, 1.165) is 0 Å². The fourth-order valence-corrected chi connectivity index (χ4v) is 1.44. The van der Waals surface area contributed by atoms with Gasteiger partial charge in [0, 0.05) is 12.4 Å². The molecule has 0 unspecified atom stereocenters. The van der Waals surface area contributed by atoms with Crippen LogP contribution in [-0.4, -0.2) is 30.1 Å². The molecule has 0 aromatic carbocycles. The van der Waals surface area contributed by atoms with E-state index in [-0.39, 0.29) is 0 Å². The summed E-state index contributed by atoms with van der Waals surface area (Å²) in [6.45, 7) is 0. The maximum absolute atomic E-state index is 4.38. The molecular weight excluding hydrogens is 228 g/mol. The molecule has 0 aliphatic rings. The lowest BCUT2D eigenvalue weighted by Crippen LogP contribution is -1.95. The average Bonchev–Trinajstić information content (AvgIpc) is 2.49. The van der Waals surface area contributed by atoms with Crippen LogP contribution >= 0.6 is 0 Å². The predicted molar refractivity (Wildman–Crippen MR) is 62.9 cm³/mol. The van der Waals surface area contributed by atoms with Crippen LogP contribution in [0.15, 0.2) is 43.0 Å². The molecule has 6 nitrogen and oxygen atoms in total. The maximum atomic E-state index is 4.38. The van der Waals surface area contributed by atoms with Crippen molar-refractivity contribution in [3.05, 3.63) is 49.2 Å². The highest BCUT2D eigenvalue weighted by atomic mass is 15.1. The molecule has 0 aliphatic carbocycles. The Kier molecular flexibility index (Phi) is 2.67. The van der Waals surface area contributed by atoms with Gasteiger partial charge in [-0.15, -0.1) is 5.10 Å². The summed E-state index contributed by atoms with van der Waals surface area (Å²) in [7, 11) is 0. The Hall–Kier alpha value is -2.76. The standard InChI is InChI=1S/C12H7N6/c1-2-10(18-16-4-1)12-15-5-3-9(17-12)11-8-13-6-7-14-11/h1-5,7-8H. The summed E-state index contributed by atoms with van der Waals surface area (Å²) in [6, 6.07) is 5.36. The molecule has 6 heteroatoms. The van der Waals surface area contributed by atoms with Gasteiger partial charge in [0.05, 0.1) is 18.1 Å². The maximum Gasteiger partial charge on any atom is 0.180 e. The van der Waals surface area contributed by atoms with E-state index in [0.29, 0.717) is 22.9 Å². The third kappa shape index (κ3) is 2.03. The number of rotatable bonds is 2. The second kappa shape index (κ2) is 4.62. The summed E-state index contributed by atoms with van der Waals surface area (Å²) < 4.78 is 0. The average molecular weight is 235 g/mol. The molecule has 3 rings (SSSR count). The third-order valence-electron chi connectivity index (χ3n) is 2.24. The van der Waals surface area contributed by atoms with Gasteiger partial charge in [-0.05, 0) is 18.2 Å². The van der Waals surface area contributed by atoms with Crippen LogP contribution in [0.25, 0.3) is 22.9 Å². The summed E-state index contributed by atoms with van der Waals surface area (Å²) in [5, 5.41) is 7.77. The molecular formula is C12H7N6. The Labute approximate surface area is 103 Å². The lowest BCUT2D eigenvalue weighted by molar-refractivity contribution is 1.01. The van der Waals surface area contributed by atoms with Gasteiger partial charge in [0.15, 0.2) is 5.82 Å². The van der Waals surface area contributed by atoms with Gasteiger partial charge in [-0.1, -0.05) is 0 Å². The predicted octanol–water partition coefficient (Wildman–Crippen LogP) is 1.19. The molecule has 0 aliphatic heterocycles. The molecule has 0 amide bonds. The van der Waals surface area contributed by atoms with Gasteiger partial charge in [0.2, 0.25) is 0 Å². The van der Waals surface area contributed by atoms with Crippen LogP contribution in [0.2, 0.25) is 0 Å². The molecule has 1 radical (unpaired) electrons. The molecule has 0 saturated carbocycles. The molecule has 3 heterocycles. The first-order valence-corrected chi connectivity index (χ1v) is 5.23. The highest BCUT2D eigenvalue weighted by Gasteiger charge is 2.06. The monoisotopic (exact) mass is 235 g/mol. The summed E-state index contributed by atoms with van der Waals surface area (Å²) in [4.78, 5) is 16.6. The Balaban J connectivity index is 2.05. The number of hydrogen-bond acceptors (Lipinski definition) is 6. The third-order valence-corrected chi connectivity index (χ3v) is 2.24. The Morgan fingerprint density at radius 3 is 2.72 bits per heavy atom. The molecule has 0 saturated heterocycles. The van der Waals surface area contributed by atoms with E-state index in [1.807, 2.05) is 0 Å². The van der Waals surface area contributed by atoms with E-state index in [1.54, 1.807) is 36.8 Å². The molecule has 3 aromatic heterocycles. The smallest absolute Gasteiger partial charge is 0.180 e. The van der Waals surface area contributed by atoms with Gasteiger partial charge >= 0.3 is 0 Å². The van der Waals surface area contributed by atoms with Crippen molar-refractivity contribution >= 4 is 0 Å². The summed E-state index contributed by atoms with van der Waals surface area (Å²) >= 11 is 0. The number of aromatic nitrogens is 6. The van der Waals surface area contributed by atoms with Gasteiger partial charge in [-0.2, -0.15) is 5.10 Å². The summed E-state index contributed by atoms with van der Waals surface area (Å²) in [6.07, 6.45) is 8.98. The molecule has 3 aromatic rings. The Morgan fingerprint density at radius 1 is 0.944 bits per heavy atom. The number of hydrogen-bond donors (Lipinski definition) is 0. The van der Waals surface area contributed by atoms with Gasteiger partial charge in [0.1, 0.15) is 17.6 Å². The van der Waals surface area contributed by atoms with Crippen molar-refractivity contribution in [1.82, 2.24) is 30.1 Å². The van der Waals surface area contributed by atoms with Crippen LogP contribution in [0.1, 0.15) is 0 Å². The first-order chi connectivity index (χ1) is 8.93. The lowest BCUT2D eigenvalue weighted by Gasteiger charge is -2.01. The van der Waals surface area contributed by atoms with E-state index in [9.17, 15) is 0 Å². The van der Waals surface area contributed by atoms with Crippen LogP contribution < -0.4 is 0 Å². The largest absolute Gasteiger partial charge is 0.251 e. The topological polar surface area (TPSA) is 77.3 Å². The molecule has 0 spiro atoms. The minimum Gasteiger partial charge on any atom is -0.251 e. The van der Waals surface area contributed by atoms with E-state index >= 15 is 0 Å². The SMILES string of the molecule is [c]1cnc(-c2ccnc(-c3cccnn3)n2)cn1. The van der Waals surface area contributed by atoms with E-state index in [1.165, 1.54) is 6.20 Å². The second-order valence-electron chi connectivity index (χ2n) is 3.41. The van der Waals surface area contributed by atoms with Crippen molar-refractivity contribution in [3.8, 4) is 22.9 Å².